The predicted octanol–water partition coefficient (Wildman–Crippen LogP) is 1.23. The van der Waals surface area contributed by atoms with E-state index in [-0.39, 0.29) is 0 Å². The fourth-order valence-electron chi connectivity index (χ4n) is 3.50. The number of anilines is 1. The second kappa shape index (κ2) is 9.56. The number of unbranched alkanes of at least 4 members (excludes halogenated alkanes) is 1. The van der Waals surface area contributed by atoms with Gasteiger partial charge in [-0.15, -0.1) is 0 Å². The number of rotatable bonds is 9. The highest BCUT2D eigenvalue weighted by Crippen LogP contribution is 2.32. The van der Waals surface area contributed by atoms with Gasteiger partial charge in [0.25, 0.3) is 0 Å². The van der Waals surface area contributed by atoms with E-state index in [9.17, 15) is 15.3 Å². The Balaban J connectivity index is 1.46. The molecule has 10 heteroatoms. The van der Waals surface area contributed by atoms with Gasteiger partial charge in [-0.25, -0.2) is 15.0 Å². The van der Waals surface area contributed by atoms with Crippen molar-refractivity contribution in [2.24, 2.45) is 0 Å². The van der Waals surface area contributed by atoms with Crippen LogP contribution in [0.25, 0.3) is 11.2 Å². The first-order valence-electron chi connectivity index (χ1n) is 10.4. The first-order valence-corrected chi connectivity index (χ1v) is 10.4. The molecule has 31 heavy (non-hydrogen) atoms. The van der Waals surface area contributed by atoms with E-state index in [1.54, 1.807) is 0 Å². The third-order valence-corrected chi connectivity index (χ3v) is 5.30. The van der Waals surface area contributed by atoms with Crippen LogP contribution in [-0.2, 0) is 11.3 Å². The van der Waals surface area contributed by atoms with Crippen LogP contribution in [0.1, 0.15) is 31.6 Å². The van der Waals surface area contributed by atoms with Crippen molar-refractivity contribution in [1.29, 1.82) is 0 Å². The highest BCUT2D eigenvalue weighted by atomic mass is 16.6. The van der Waals surface area contributed by atoms with E-state index in [1.165, 1.54) is 17.2 Å². The van der Waals surface area contributed by atoms with Crippen molar-refractivity contribution in [3.8, 4) is 5.75 Å². The van der Waals surface area contributed by atoms with Crippen molar-refractivity contribution in [3.05, 3.63) is 42.5 Å². The van der Waals surface area contributed by atoms with Crippen LogP contribution in [0.4, 0.5) is 5.82 Å². The molecule has 1 aliphatic rings. The van der Waals surface area contributed by atoms with Crippen molar-refractivity contribution >= 4 is 17.0 Å². The molecule has 3 aromatic rings. The van der Waals surface area contributed by atoms with E-state index < -0.39 is 31.1 Å². The average molecular weight is 429 g/mol. The molecule has 166 valence electrons. The molecule has 10 nitrogen and oxygen atoms in total. The minimum Gasteiger partial charge on any atom is -0.494 e. The van der Waals surface area contributed by atoms with Crippen LogP contribution < -0.4 is 10.1 Å². The summed E-state index contributed by atoms with van der Waals surface area (Å²) >= 11 is 0. The number of imidazole rings is 1. The third kappa shape index (κ3) is 4.47. The number of nitrogens with zero attached hydrogens (tertiary/aromatic N) is 4. The topological polar surface area (TPSA) is 135 Å². The molecule has 4 N–H and O–H groups in total. The lowest BCUT2D eigenvalue weighted by Gasteiger charge is -2.16. The van der Waals surface area contributed by atoms with Crippen molar-refractivity contribution in [1.82, 2.24) is 19.5 Å². The fourth-order valence-corrected chi connectivity index (χ4v) is 3.50. The molecular weight excluding hydrogens is 402 g/mol. The fraction of sp³-hybridized carbons (Fsp3) is 0.476. The highest BCUT2D eigenvalue weighted by molar-refractivity contribution is 5.82. The molecule has 1 aromatic carbocycles. The molecule has 0 spiro atoms. The van der Waals surface area contributed by atoms with Crippen molar-refractivity contribution in [2.45, 2.75) is 50.8 Å². The minimum absolute atomic E-state index is 0.397. The molecule has 0 amide bonds. The standard InChI is InChI=1S/C21H27N5O5/c1-2-3-8-30-14-6-4-13(5-7-14)9-22-19-16-20(24-11-23-19)26(12-25-16)21-18(29)17(28)15(10-27)31-21/h4-7,11-12,15,17-18,21,27-29H,2-3,8-10H2,1H3,(H,22,23,24)/t15-,17-,18-,21-/m1/s1. The van der Waals surface area contributed by atoms with Crippen LogP contribution in [0.3, 0.4) is 0 Å². The lowest BCUT2D eigenvalue weighted by molar-refractivity contribution is -0.0511. The molecule has 0 unspecified atom stereocenters. The summed E-state index contributed by atoms with van der Waals surface area (Å²) in [6.45, 7) is 2.97. The van der Waals surface area contributed by atoms with E-state index in [0.29, 0.717) is 30.1 Å². The first kappa shape index (κ1) is 21.4. The van der Waals surface area contributed by atoms with Crippen LogP contribution >= 0.6 is 0 Å². The Hall–Kier alpha value is -2.79. The Labute approximate surface area is 179 Å². The zero-order valence-electron chi connectivity index (χ0n) is 17.3. The molecule has 1 fully saturated rings. The summed E-state index contributed by atoms with van der Waals surface area (Å²) in [6.07, 6.45) is 0.829. The average Bonchev–Trinajstić information content (AvgIpc) is 3.34. The summed E-state index contributed by atoms with van der Waals surface area (Å²) in [5, 5.41) is 32.9. The van der Waals surface area contributed by atoms with Gasteiger partial charge in [0, 0.05) is 6.54 Å². The molecule has 0 saturated carbocycles. The van der Waals surface area contributed by atoms with E-state index in [1.807, 2.05) is 24.3 Å². The van der Waals surface area contributed by atoms with Gasteiger partial charge in [-0.05, 0) is 24.1 Å². The Morgan fingerprint density at radius 2 is 1.94 bits per heavy atom. The minimum atomic E-state index is -1.21. The van der Waals surface area contributed by atoms with Crippen LogP contribution in [0.15, 0.2) is 36.9 Å². The Kier molecular flexibility index (Phi) is 6.62. The largest absolute Gasteiger partial charge is 0.494 e. The van der Waals surface area contributed by atoms with Gasteiger partial charge in [0.1, 0.15) is 30.4 Å². The van der Waals surface area contributed by atoms with Crippen molar-refractivity contribution in [3.63, 3.8) is 0 Å². The summed E-state index contributed by atoms with van der Waals surface area (Å²) < 4.78 is 12.8. The van der Waals surface area contributed by atoms with E-state index in [0.717, 1.165) is 24.2 Å². The maximum atomic E-state index is 10.3. The number of hydrogen-bond donors (Lipinski definition) is 4. The summed E-state index contributed by atoms with van der Waals surface area (Å²) in [5.41, 5.74) is 2.02. The predicted molar refractivity (Wildman–Crippen MR) is 113 cm³/mol. The second-order valence-electron chi connectivity index (χ2n) is 7.47. The quantitative estimate of drug-likeness (QED) is 0.370. The van der Waals surface area contributed by atoms with Crippen LogP contribution in [0, 0.1) is 0 Å². The van der Waals surface area contributed by atoms with E-state index in [4.69, 9.17) is 9.47 Å². The number of benzene rings is 1. The van der Waals surface area contributed by atoms with Gasteiger partial charge in [0.05, 0.1) is 19.5 Å². The Morgan fingerprint density at radius 3 is 2.65 bits per heavy atom. The number of nitrogens with one attached hydrogen (secondary N) is 1. The van der Waals surface area contributed by atoms with Crippen LogP contribution in [0.2, 0.25) is 0 Å². The zero-order chi connectivity index (χ0) is 21.8. The van der Waals surface area contributed by atoms with Gasteiger partial charge in [-0.3, -0.25) is 4.57 Å². The molecule has 3 heterocycles. The molecule has 0 aliphatic carbocycles. The van der Waals surface area contributed by atoms with Gasteiger partial charge in [0.15, 0.2) is 23.2 Å². The molecule has 4 atom stereocenters. The number of aliphatic hydroxyl groups is 3. The van der Waals surface area contributed by atoms with Gasteiger partial charge >= 0.3 is 0 Å². The Morgan fingerprint density at radius 1 is 1.13 bits per heavy atom. The number of ether oxygens (including phenoxy) is 2. The van der Waals surface area contributed by atoms with Crippen LogP contribution in [-0.4, -0.2) is 66.4 Å². The monoisotopic (exact) mass is 429 g/mol. The Bertz CT molecular complexity index is 995. The number of aliphatic hydroxyl groups excluding tert-OH is 3. The van der Waals surface area contributed by atoms with Crippen molar-refractivity contribution in [2.75, 3.05) is 18.5 Å². The second-order valence-corrected chi connectivity index (χ2v) is 7.47. The smallest absolute Gasteiger partial charge is 0.167 e. The maximum Gasteiger partial charge on any atom is 0.167 e. The first-order chi connectivity index (χ1) is 15.1. The molecule has 1 aliphatic heterocycles. The van der Waals surface area contributed by atoms with Gasteiger partial charge in [0.2, 0.25) is 0 Å². The van der Waals surface area contributed by atoms with Gasteiger partial charge in [-0.1, -0.05) is 25.5 Å². The molecule has 4 rings (SSSR count). The van der Waals surface area contributed by atoms with Gasteiger partial charge < -0.3 is 30.1 Å². The third-order valence-electron chi connectivity index (χ3n) is 5.30. The normalized spacial score (nSPS) is 23.4. The van der Waals surface area contributed by atoms with Crippen molar-refractivity contribution < 1.29 is 24.8 Å². The highest BCUT2D eigenvalue weighted by Gasteiger charge is 2.44. The zero-order valence-corrected chi connectivity index (χ0v) is 17.3. The van der Waals surface area contributed by atoms with Gasteiger partial charge in [-0.2, -0.15) is 0 Å². The molecule has 2 aromatic heterocycles. The molecular formula is C21H27N5O5. The summed E-state index contributed by atoms with van der Waals surface area (Å²) in [5.74, 6) is 1.39. The lowest BCUT2D eigenvalue weighted by Crippen LogP contribution is -2.33. The number of aromatic nitrogens is 4. The lowest BCUT2D eigenvalue weighted by atomic mass is 10.1. The summed E-state index contributed by atoms with van der Waals surface area (Å²) in [4.78, 5) is 12.9. The van der Waals surface area contributed by atoms with Crippen LogP contribution in [0.5, 0.6) is 5.75 Å². The van der Waals surface area contributed by atoms with E-state index in [2.05, 4.69) is 27.2 Å². The summed E-state index contributed by atoms with van der Waals surface area (Å²) in [7, 11) is 0. The van der Waals surface area contributed by atoms with E-state index >= 15 is 0 Å². The molecule has 0 bridgehead atoms. The summed E-state index contributed by atoms with van der Waals surface area (Å²) in [6, 6.07) is 7.87. The maximum absolute atomic E-state index is 10.3. The number of fused-ring (bicyclic) bond motifs is 1. The molecule has 0 radical (unpaired) electrons. The molecule has 1 saturated heterocycles. The number of hydrogen-bond acceptors (Lipinski definition) is 9. The SMILES string of the molecule is CCCCOc1ccc(CNc2ncnc3c2ncn3[C@@H]2O[C@H](CO)[C@@H](O)[C@H]2O)cc1.